The molecule has 0 aliphatic rings. The van der Waals surface area contributed by atoms with Crippen LogP contribution in [-0.2, 0) is 11.8 Å². The molecule has 0 aliphatic carbocycles. The summed E-state index contributed by atoms with van der Waals surface area (Å²) in [4.78, 5) is 22.5. The molecule has 0 fully saturated rings. The van der Waals surface area contributed by atoms with E-state index < -0.39 is 0 Å². The van der Waals surface area contributed by atoms with Gasteiger partial charge in [-0.1, -0.05) is 58.0 Å². The van der Waals surface area contributed by atoms with Crippen molar-refractivity contribution in [3.8, 4) is 0 Å². The van der Waals surface area contributed by atoms with Gasteiger partial charge in [0.1, 0.15) is 11.4 Å². The molecule has 0 radical (unpaired) electrons. The summed E-state index contributed by atoms with van der Waals surface area (Å²) in [5.74, 6) is 0.494. The lowest BCUT2D eigenvalue weighted by atomic mass is 9.87. The maximum absolute atomic E-state index is 12.6. The molecule has 7 heteroatoms. The number of rotatable bonds is 6. The summed E-state index contributed by atoms with van der Waals surface area (Å²) in [6.45, 7) is 8.61. The van der Waals surface area contributed by atoms with Crippen LogP contribution in [0, 0.1) is 0 Å². The van der Waals surface area contributed by atoms with E-state index >= 15 is 0 Å². The zero-order valence-electron chi connectivity index (χ0n) is 18.8. The number of amides is 1. The van der Waals surface area contributed by atoms with Gasteiger partial charge in [0, 0.05) is 21.8 Å². The fourth-order valence-corrected chi connectivity index (χ4v) is 4.26. The average molecular weight is 446 g/mol. The third-order valence-corrected chi connectivity index (χ3v) is 6.13. The molecule has 0 saturated carbocycles. The van der Waals surface area contributed by atoms with Crippen LogP contribution in [0.2, 0.25) is 0 Å². The highest BCUT2D eigenvalue weighted by atomic mass is 32.2. The number of anilines is 1. The molecule has 0 saturated heterocycles. The Balaban J connectivity index is 1.46. The molecular formula is C25H27N5OS. The van der Waals surface area contributed by atoms with E-state index in [1.165, 1.54) is 11.9 Å². The van der Waals surface area contributed by atoms with Crippen LogP contribution >= 0.6 is 11.8 Å². The predicted octanol–water partition coefficient (Wildman–Crippen LogP) is 5.78. The number of fused-ring (bicyclic) bond motifs is 1. The number of nitrogens with one attached hydrogen (secondary N) is 1. The Morgan fingerprint density at radius 1 is 1.06 bits per heavy atom. The minimum absolute atomic E-state index is 0.0619. The lowest BCUT2D eigenvalue weighted by molar-refractivity contribution is 0.102. The molecule has 0 atom stereocenters. The van der Waals surface area contributed by atoms with Crippen molar-refractivity contribution in [2.45, 2.75) is 55.9 Å². The van der Waals surface area contributed by atoms with Gasteiger partial charge in [-0.2, -0.15) is 14.6 Å². The molecule has 0 spiro atoms. The second-order valence-electron chi connectivity index (χ2n) is 8.72. The molecular weight excluding hydrogens is 418 g/mol. The highest BCUT2D eigenvalue weighted by Crippen LogP contribution is 2.29. The van der Waals surface area contributed by atoms with Gasteiger partial charge < -0.3 is 5.32 Å². The first-order chi connectivity index (χ1) is 15.3. The molecule has 0 unspecified atom stereocenters. The normalized spacial score (nSPS) is 11.6. The van der Waals surface area contributed by atoms with Gasteiger partial charge >= 0.3 is 0 Å². The summed E-state index contributed by atoms with van der Waals surface area (Å²) in [7, 11) is 0. The van der Waals surface area contributed by atoms with E-state index in [1.54, 1.807) is 16.3 Å². The van der Waals surface area contributed by atoms with E-state index in [9.17, 15) is 4.79 Å². The van der Waals surface area contributed by atoms with Crippen molar-refractivity contribution >= 4 is 29.1 Å². The van der Waals surface area contributed by atoms with Gasteiger partial charge in [0.25, 0.3) is 11.7 Å². The van der Waals surface area contributed by atoms with Crippen molar-refractivity contribution in [3.05, 3.63) is 77.7 Å². The summed E-state index contributed by atoms with van der Waals surface area (Å²) >= 11 is 1.60. The molecule has 164 valence electrons. The first-order valence-electron chi connectivity index (χ1n) is 10.7. The Bertz CT molecular complexity index is 1220. The zero-order valence-corrected chi connectivity index (χ0v) is 19.6. The van der Waals surface area contributed by atoms with E-state index in [2.05, 4.69) is 54.1 Å². The second kappa shape index (κ2) is 9.12. The van der Waals surface area contributed by atoms with Gasteiger partial charge in [-0.15, -0.1) is 0 Å². The van der Waals surface area contributed by atoms with Crippen molar-refractivity contribution in [2.24, 2.45) is 0 Å². The van der Waals surface area contributed by atoms with E-state index in [0.717, 1.165) is 34.1 Å². The van der Waals surface area contributed by atoms with E-state index in [4.69, 9.17) is 0 Å². The third kappa shape index (κ3) is 4.99. The Morgan fingerprint density at radius 3 is 2.44 bits per heavy atom. The highest BCUT2D eigenvalue weighted by molar-refractivity contribution is 7.99. The van der Waals surface area contributed by atoms with Gasteiger partial charge in [0.2, 0.25) is 0 Å². The molecule has 6 nitrogen and oxygen atoms in total. The number of benzene rings is 2. The van der Waals surface area contributed by atoms with Crippen LogP contribution in [0.3, 0.4) is 0 Å². The van der Waals surface area contributed by atoms with Gasteiger partial charge in [-0.05, 0) is 59.9 Å². The van der Waals surface area contributed by atoms with Gasteiger partial charge in [-0.25, -0.2) is 4.98 Å². The number of aromatic nitrogens is 4. The summed E-state index contributed by atoms with van der Waals surface area (Å²) in [5.41, 5.74) is 3.68. The number of nitrogens with zero attached hydrogens (tertiary/aromatic N) is 4. The zero-order chi connectivity index (χ0) is 22.7. The van der Waals surface area contributed by atoms with E-state index in [1.807, 2.05) is 48.5 Å². The minimum atomic E-state index is -0.117. The van der Waals surface area contributed by atoms with Crippen LogP contribution in [0.15, 0.2) is 70.8 Å². The van der Waals surface area contributed by atoms with Crippen LogP contribution in [0.25, 0.3) is 5.78 Å². The van der Waals surface area contributed by atoms with Crippen LogP contribution in [0.4, 0.5) is 5.69 Å². The number of carbonyl (C=O) groups is 1. The van der Waals surface area contributed by atoms with Crippen LogP contribution < -0.4 is 5.32 Å². The Kier molecular flexibility index (Phi) is 6.28. The smallest absolute Gasteiger partial charge is 0.255 e. The maximum Gasteiger partial charge on any atom is 0.255 e. The number of hydrogen-bond donors (Lipinski definition) is 1. The molecule has 2 aromatic heterocycles. The lowest BCUT2D eigenvalue weighted by Crippen LogP contribution is -2.14. The predicted molar refractivity (Wildman–Crippen MR) is 128 cm³/mol. The topological polar surface area (TPSA) is 72.2 Å². The van der Waals surface area contributed by atoms with Gasteiger partial charge in [0.15, 0.2) is 0 Å². The molecule has 1 N–H and O–H groups in total. The van der Waals surface area contributed by atoms with Crippen LogP contribution in [-0.4, -0.2) is 25.5 Å². The summed E-state index contributed by atoms with van der Waals surface area (Å²) in [6.07, 6.45) is 3.45. The summed E-state index contributed by atoms with van der Waals surface area (Å²) < 4.78 is 1.75. The van der Waals surface area contributed by atoms with Gasteiger partial charge in [0.05, 0.1) is 0 Å². The number of carbonyl (C=O) groups excluding carboxylic acids is 1. The van der Waals surface area contributed by atoms with Crippen molar-refractivity contribution in [1.82, 2.24) is 19.6 Å². The SMILES string of the molecule is CCCc1cc(Sc2ccc(NC(=O)c3ccc(C(C)(C)C)cc3)cc2)n2ncnc2n1. The largest absolute Gasteiger partial charge is 0.322 e. The molecule has 0 bridgehead atoms. The summed E-state index contributed by atoms with van der Waals surface area (Å²) in [5, 5.41) is 8.23. The molecule has 32 heavy (non-hydrogen) atoms. The van der Waals surface area contributed by atoms with Crippen molar-refractivity contribution < 1.29 is 4.79 Å². The number of aryl methyl sites for hydroxylation is 1. The average Bonchev–Trinajstić information content (AvgIpc) is 3.24. The third-order valence-electron chi connectivity index (χ3n) is 5.13. The Labute approximate surface area is 192 Å². The molecule has 0 aliphatic heterocycles. The second-order valence-corrected chi connectivity index (χ2v) is 9.81. The molecule has 4 rings (SSSR count). The van der Waals surface area contributed by atoms with Crippen molar-refractivity contribution in [1.29, 1.82) is 0 Å². The van der Waals surface area contributed by atoms with Crippen LogP contribution in [0.5, 0.6) is 0 Å². The van der Waals surface area contributed by atoms with E-state index in [0.29, 0.717) is 11.3 Å². The number of hydrogen-bond acceptors (Lipinski definition) is 5. The first kappa shape index (κ1) is 22.0. The summed E-state index contributed by atoms with van der Waals surface area (Å²) in [6, 6.07) is 17.7. The van der Waals surface area contributed by atoms with Crippen molar-refractivity contribution in [2.75, 3.05) is 5.32 Å². The molecule has 4 aromatic rings. The Hall–Kier alpha value is -3.19. The maximum atomic E-state index is 12.6. The lowest BCUT2D eigenvalue weighted by Gasteiger charge is -2.19. The minimum Gasteiger partial charge on any atom is -0.322 e. The van der Waals surface area contributed by atoms with Crippen molar-refractivity contribution in [3.63, 3.8) is 0 Å². The standard InChI is InChI=1S/C25H27N5OS/c1-5-6-20-15-22(30-24(29-20)26-16-27-30)32-21-13-11-19(12-14-21)28-23(31)17-7-9-18(10-8-17)25(2,3)4/h7-16H,5-6H2,1-4H3,(H,28,31). The quantitative estimate of drug-likeness (QED) is 0.381. The van der Waals surface area contributed by atoms with E-state index in [-0.39, 0.29) is 11.3 Å². The van der Waals surface area contributed by atoms with Crippen LogP contribution in [0.1, 0.15) is 55.7 Å². The fraction of sp³-hybridized carbons (Fsp3) is 0.280. The Morgan fingerprint density at radius 2 is 1.78 bits per heavy atom. The van der Waals surface area contributed by atoms with Gasteiger partial charge in [-0.3, -0.25) is 4.79 Å². The molecule has 1 amide bonds. The first-order valence-corrected chi connectivity index (χ1v) is 11.5. The fourth-order valence-electron chi connectivity index (χ4n) is 3.34. The molecule has 2 aromatic carbocycles. The highest BCUT2D eigenvalue weighted by Gasteiger charge is 2.14. The molecule has 2 heterocycles. The monoisotopic (exact) mass is 445 g/mol.